The molecule has 0 fully saturated rings. The molecule has 2 heterocycles. The summed E-state index contributed by atoms with van der Waals surface area (Å²) >= 11 is 0. The Labute approximate surface area is 229 Å². The SMILES string of the molecule is COc1cc2c(cc1OC)C(Cc1cc(OC)c(OC)c(OC)c1)N(CCNC(=O)Nc1ccncc1)CC2. The highest BCUT2D eigenvalue weighted by Crippen LogP contribution is 2.42. The summed E-state index contributed by atoms with van der Waals surface area (Å²) in [7, 11) is 8.11. The maximum Gasteiger partial charge on any atom is 0.319 e. The number of nitrogens with one attached hydrogen (secondary N) is 2. The van der Waals surface area contributed by atoms with Crippen LogP contribution in [0.4, 0.5) is 10.5 Å². The molecule has 0 aliphatic carbocycles. The molecule has 2 N–H and O–H groups in total. The van der Waals surface area contributed by atoms with Crippen molar-refractivity contribution in [2.45, 2.75) is 18.9 Å². The van der Waals surface area contributed by atoms with Crippen molar-refractivity contribution in [2.75, 3.05) is 60.5 Å². The normalized spacial score (nSPS) is 14.6. The maximum atomic E-state index is 12.4. The number of pyridine rings is 1. The number of anilines is 1. The molecule has 10 heteroatoms. The van der Waals surface area contributed by atoms with Crippen LogP contribution in [0, 0.1) is 0 Å². The molecule has 0 radical (unpaired) electrons. The highest BCUT2D eigenvalue weighted by molar-refractivity contribution is 5.89. The van der Waals surface area contributed by atoms with Gasteiger partial charge in [-0.3, -0.25) is 9.88 Å². The summed E-state index contributed by atoms with van der Waals surface area (Å²) in [5, 5.41) is 5.80. The van der Waals surface area contributed by atoms with E-state index < -0.39 is 0 Å². The van der Waals surface area contributed by atoms with E-state index in [2.05, 4.69) is 32.7 Å². The van der Waals surface area contributed by atoms with Crippen molar-refractivity contribution in [1.29, 1.82) is 0 Å². The molecule has 3 aromatic rings. The van der Waals surface area contributed by atoms with Crippen molar-refractivity contribution in [3.8, 4) is 28.7 Å². The minimum Gasteiger partial charge on any atom is -0.493 e. The minimum absolute atomic E-state index is 0.0152. The molecule has 0 saturated heterocycles. The van der Waals surface area contributed by atoms with E-state index in [-0.39, 0.29) is 12.1 Å². The van der Waals surface area contributed by atoms with Crippen LogP contribution >= 0.6 is 0 Å². The first-order valence-electron chi connectivity index (χ1n) is 12.7. The molecular weight excluding hydrogens is 500 g/mol. The Balaban J connectivity index is 1.59. The lowest BCUT2D eigenvalue weighted by molar-refractivity contribution is 0.183. The van der Waals surface area contributed by atoms with E-state index in [0.29, 0.717) is 53.9 Å². The molecule has 0 saturated carbocycles. The van der Waals surface area contributed by atoms with Crippen LogP contribution in [0.1, 0.15) is 22.7 Å². The third kappa shape index (κ3) is 6.46. The quantitative estimate of drug-likeness (QED) is 0.378. The number of methoxy groups -OCH3 is 5. The number of ether oxygens (including phenoxy) is 5. The smallest absolute Gasteiger partial charge is 0.319 e. The number of carbonyl (C=O) groups is 1. The number of amides is 2. The Morgan fingerprint density at radius 2 is 1.54 bits per heavy atom. The van der Waals surface area contributed by atoms with Gasteiger partial charge >= 0.3 is 6.03 Å². The Hall–Kier alpha value is -4.18. The van der Waals surface area contributed by atoms with Crippen molar-refractivity contribution in [1.82, 2.24) is 15.2 Å². The topological polar surface area (TPSA) is 103 Å². The molecule has 2 aromatic carbocycles. The number of carbonyl (C=O) groups excluding carboxylic acids is 1. The zero-order valence-corrected chi connectivity index (χ0v) is 23.1. The van der Waals surface area contributed by atoms with Gasteiger partial charge < -0.3 is 34.3 Å². The summed E-state index contributed by atoms with van der Waals surface area (Å²) in [4.78, 5) is 18.8. The van der Waals surface area contributed by atoms with E-state index in [1.807, 2.05) is 12.1 Å². The van der Waals surface area contributed by atoms with Crippen LogP contribution in [-0.4, -0.2) is 71.1 Å². The summed E-state index contributed by atoms with van der Waals surface area (Å²) in [6.07, 6.45) is 4.81. The van der Waals surface area contributed by atoms with Crippen LogP contribution < -0.4 is 34.3 Å². The van der Waals surface area contributed by atoms with Gasteiger partial charge in [-0.1, -0.05) is 0 Å². The fourth-order valence-corrected chi connectivity index (χ4v) is 4.99. The summed E-state index contributed by atoms with van der Waals surface area (Å²) in [5.74, 6) is 3.17. The molecule has 1 aliphatic heterocycles. The number of aromatic nitrogens is 1. The summed E-state index contributed by atoms with van der Waals surface area (Å²) in [5.41, 5.74) is 4.10. The molecule has 1 aromatic heterocycles. The number of fused-ring (bicyclic) bond motifs is 1. The third-order valence-electron chi connectivity index (χ3n) is 6.89. The number of urea groups is 1. The molecule has 1 atom stereocenters. The first-order valence-corrected chi connectivity index (χ1v) is 12.7. The third-order valence-corrected chi connectivity index (χ3v) is 6.89. The molecule has 4 rings (SSSR count). The van der Waals surface area contributed by atoms with Gasteiger partial charge in [-0.25, -0.2) is 4.79 Å². The van der Waals surface area contributed by atoms with Gasteiger partial charge in [0, 0.05) is 43.8 Å². The number of rotatable bonds is 11. The Bertz CT molecular complexity index is 1250. The van der Waals surface area contributed by atoms with Gasteiger partial charge in [0.25, 0.3) is 0 Å². The standard InChI is InChI=1S/C29H36N4O6/c1-35-24-17-20-8-12-33(13-11-31-29(34)32-21-6-9-30-10-7-21)23(22(20)18-25(24)36-2)14-19-15-26(37-3)28(39-5)27(16-19)38-4/h6-7,9-10,15-18,23H,8,11-14H2,1-5H3,(H2,30,31,32,34). The van der Waals surface area contributed by atoms with Crippen LogP contribution in [0.25, 0.3) is 0 Å². The minimum atomic E-state index is -0.258. The maximum absolute atomic E-state index is 12.4. The van der Waals surface area contributed by atoms with Crippen molar-refractivity contribution in [3.05, 3.63) is 65.5 Å². The summed E-state index contributed by atoms with van der Waals surface area (Å²) in [6.45, 7) is 1.96. The van der Waals surface area contributed by atoms with Crippen LogP contribution in [-0.2, 0) is 12.8 Å². The molecule has 2 amide bonds. The average molecular weight is 537 g/mol. The number of hydrogen-bond donors (Lipinski definition) is 2. The average Bonchev–Trinajstić information content (AvgIpc) is 2.97. The van der Waals surface area contributed by atoms with E-state index >= 15 is 0 Å². The number of hydrogen-bond acceptors (Lipinski definition) is 8. The molecule has 1 aliphatic rings. The van der Waals surface area contributed by atoms with Crippen molar-refractivity contribution in [2.24, 2.45) is 0 Å². The van der Waals surface area contributed by atoms with Gasteiger partial charge in [0.15, 0.2) is 23.0 Å². The Morgan fingerprint density at radius 1 is 0.897 bits per heavy atom. The Kier molecular flexibility index (Phi) is 9.32. The second-order valence-corrected chi connectivity index (χ2v) is 9.06. The highest BCUT2D eigenvalue weighted by atomic mass is 16.5. The van der Waals surface area contributed by atoms with Crippen LogP contribution in [0.15, 0.2) is 48.8 Å². The number of benzene rings is 2. The summed E-state index contributed by atoms with van der Waals surface area (Å²) < 4.78 is 27.9. The van der Waals surface area contributed by atoms with Gasteiger partial charge in [-0.15, -0.1) is 0 Å². The lowest BCUT2D eigenvalue weighted by Gasteiger charge is -2.38. The summed E-state index contributed by atoms with van der Waals surface area (Å²) in [6, 6.07) is 11.3. The lowest BCUT2D eigenvalue weighted by Crippen LogP contribution is -2.42. The van der Waals surface area contributed by atoms with E-state index in [1.54, 1.807) is 60.1 Å². The van der Waals surface area contributed by atoms with E-state index in [1.165, 1.54) is 5.56 Å². The first kappa shape index (κ1) is 27.8. The highest BCUT2D eigenvalue weighted by Gasteiger charge is 2.30. The largest absolute Gasteiger partial charge is 0.493 e. The predicted molar refractivity (Wildman–Crippen MR) is 149 cm³/mol. The second-order valence-electron chi connectivity index (χ2n) is 9.06. The molecule has 39 heavy (non-hydrogen) atoms. The van der Waals surface area contributed by atoms with Crippen LogP contribution in [0.2, 0.25) is 0 Å². The van der Waals surface area contributed by atoms with Gasteiger partial charge in [-0.05, 0) is 65.9 Å². The molecule has 0 spiro atoms. The molecule has 1 unspecified atom stereocenters. The molecule has 0 bridgehead atoms. The Morgan fingerprint density at radius 3 is 2.15 bits per heavy atom. The zero-order valence-electron chi connectivity index (χ0n) is 23.1. The van der Waals surface area contributed by atoms with E-state index in [9.17, 15) is 4.79 Å². The van der Waals surface area contributed by atoms with Gasteiger partial charge in [0.05, 0.1) is 35.5 Å². The molecule has 208 valence electrons. The molecular formula is C29H36N4O6. The molecule has 10 nitrogen and oxygen atoms in total. The van der Waals surface area contributed by atoms with Gasteiger partial charge in [-0.2, -0.15) is 0 Å². The predicted octanol–water partition coefficient (Wildman–Crippen LogP) is 4.09. The van der Waals surface area contributed by atoms with E-state index in [4.69, 9.17) is 23.7 Å². The lowest BCUT2D eigenvalue weighted by atomic mass is 9.88. The van der Waals surface area contributed by atoms with Gasteiger partial charge in [0.2, 0.25) is 5.75 Å². The number of nitrogens with zero attached hydrogens (tertiary/aromatic N) is 2. The van der Waals surface area contributed by atoms with Crippen LogP contribution in [0.3, 0.4) is 0 Å². The van der Waals surface area contributed by atoms with Crippen molar-refractivity contribution in [3.63, 3.8) is 0 Å². The second kappa shape index (κ2) is 13.1. The monoisotopic (exact) mass is 536 g/mol. The van der Waals surface area contributed by atoms with Crippen LogP contribution in [0.5, 0.6) is 28.7 Å². The zero-order chi connectivity index (χ0) is 27.8. The fraction of sp³-hybridized carbons (Fsp3) is 0.379. The fourth-order valence-electron chi connectivity index (χ4n) is 4.99. The van der Waals surface area contributed by atoms with Gasteiger partial charge in [0.1, 0.15) is 0 Å². The van der Waals surface area contributed by atoms with Crippen molar-refractivity contribution >= 4 is 11.7 Å². The van der Waals surface area contributed by atoms with E-state index in [0.717, 1.165) is 24.1 Å². The first-order chi connectivity index (χ1) is 19.0. The van der Waals surface area contributed by atoms with Crippen molar-refractivity contribution < 1.29 is 28.5 Å².